The van der Waals surface area contributed by atoms with Crippen molar-refractivity contribution in [2.45, 2.75) is 32.4 Å². The molecule has 0 radical (unpaired) electrons. The summed E-state index contributed by atoms with van der Waals surface area (Å²) >= 11 is 0. The molecule has 0 aliphatic carbocycles. The van der Waals surface area contributed by atoms with Crippen LogP contribution in [0.4, 0.5) is 5.69 Å². The molecule has 0 bridgehead atoms. The van der Waals surface area contributed by atoms with Gasteiger partial charge >= 0.3 is 0 Å². The van der Waals surface area contributed by atoms with Crippen LogP contribution in [0.1, 0.15) is 37.9 Å². The summed E-state index contributed by atoms with van der Waals surface area (Å²) in [7, 11) is 0. The average Bonchev–Trinajstić information content (AvgIpc) is 2.25. The molecule has 17 heavy (non-hydrogen) atoms. The number of nitrogen functional groups attached to an aromatic ring is 1. The minimum Gasteiger partial charge on any atom is -0.398 e. The molecule has 1 atom stereocenters. The average molecular weight is 233 g/mol. The third-order valence-corrected chi connectivity index (χ3v) is 2.39. The van der Waals surface area contributed by atoms with Gasteiger partial charge in [0.15, 0.2) is 0 Å². The quantitative estimate of drug-likeness (QED) is 0.692. The van der Waals surface area contributed by atoms with Gasteiger partial charge in [0.2, 0.25) is 0 Å². The number of nitrogens with one attached hydrogen (secondary N) is 1. The van der Waals surface area contributed by atoms with Gasteiger partial charge in [-0.1, -0.05) is 6.07 Å². The van der Waals surface area contributed by atoms with E-state index in [9.17, 15) is 5.11 Å². The van der Waals surface area contributed by atoms with Crippen molar-refractivity contribution in [3.8, 4) is 6.07 Å². The summed E-state index contributed by atoms with van der Waals surface area (Å²) in [6, 6.07) is 7.09. The third kappa shape index (κ3) is 3.74. The molecule has 0 saturated carbocycles. The molecule has 0 spiro atoms. The normalized spacial score (nSPS) is 13.1. The predicted octanol–water partition coefficient (Wildman–Crippen LogP) is 1.56. The first-order chi connectivity index (χ1) is 7.87. The Morgan fingerprint density at radius 3 is 2.59 bits per heavy atom. The molecule has 0 aromatic heterocycles. The van der Waals surface area contributed by atoms with E-state index in [0.29, 0.717) is 11.3 Å². The van der Waals surface area contributed by atoms with Gasteiger partial charge in [-0.15, -0.1) is 0 Å². The van der Waals surface area contributed by atoms with Gasteiger partial charge in [0.1, 0.15) is 6.07 Å². The van der Waals surface area contributed by atoms with Crippen molar-refractivity contribution < 1.29 is 5.11 Å². The molecule has 0 fully saturated rings. The fraction of sp³-hybridized carbons (Fsp3) is 0.462. The number of hydrogen-bond donors (Lipinski definition) is 3. The standard InChI is InChI=1S/C13H19N3O/c1-13(2,3)16-12(8-17)9-4-5-11(15)10(6-9)7-14/h4-6,12,16-17H,8,15H2,1-3H3. The Morgan fingerprint density at radius 1 is 1.47 bits per heavy atom. The number of aliphatic hydroxyl groups excluding tert-OH is 1. The Hall–Kier alpha value is -1.57. The van der Waals surface area contributed by atoms with Crippen LogP contribution in [0.15, 0.2) is 18.2 Å². The maximum absolute atomic E-state index is 9.40. The van der Waals surface area contributed by atoms with Gasteiger partial charge in [0.25, 0.3) is 0 Å². The molecule has 1 aromatic rings. The number of aliphatic hydroxyl groups is 1. The molecule has 1 unspecified atom stereocenters. The van der Waals surface area contributed by atoms with Crippen LogP contribution in [-0.4, -0.2) is 17.3 Å². The molecule has 0 aliphatic heterocycles. The van der Waals surface area contributed by atoms with Gasteiger partial charge in [-0.2, -0.15) is 5.26 Å². The van der Waals surface area contributed by atoms with E-state index in [-0.39, 0.29) is 18.2 Å². The highest BCUT2D eigenvalue weighted by Gasteiger charge is 2.18. The molecule has 0 saturated heterocycles. The number of rotatable bonds is 3. The van der Waals surface area contributed by atoms with Crippen LogP contribution in [0, 0.1) is 11.3 Å². The minimum absolute atomic E-state index is 0.0218. The first-order valence-corrected chi connectivity index (χ1v) is 5.55. The second-order valence-corrected chi connectivity index (χ2v) is 5.09. The van der Waals surface area contributed by atoms with Crippen molar-refractivity contribution in [3.63, 3.8) is 0 Å². The first kappa shape index (κ1) is 13.5. The van der Waals surface area contributed by atoms with Crippen LogP contribution in [0.3, 0.4) is 0 Å². The monoisotopic (exact) mass is 233 g/mol. The summed E-state index contributed by atoms with van der Waals surface area (Å²) in [4.78, 5) is 0. The van der Waals surface area contributed by atoms with Crippen molar-refractivity contribution in [1.82, 2.24) is 5.32 Å². The van der Waals surface area contributed by atoms with E-state index in [2.05, 4.69) is 5.32 Å². The molecule has 1 aromatic carbocycles. The van der Waals surface area contributed by atoms with Crippen molar-refractivity contribution >= 4 is 5.69 Å². The SMILES string of the molecule is CC(C)(C)NC(CO)c1ccc(N)c(C#N)c1. The van der Waals surface area contributed by atoms with Crippen LogP contribution < -0.4 is 11.1 Å². The molecule has 4 N–H and O–H groups in total. The molecule has 92 valence electrons. The van der Waals surface area contributed by atoms with E-state index >= 15 is 0 Å². The number of nitrogens with two attached hydrogens (primary N) is 1. The van der Waals surface area contributed by atoms with Crippen molar-refractivity contribution in [1.29, 1.82) is 5.26 Å². The van der Waals surface area contributed by atoms with Crippen molar-refractivity contribution in [2.75, 3.05) is 12.3 Å². The maximum atomic E-state index is 9.40. The lowest BCUT2D eigenvalue weighted by Crippen LogP contribution is -2.40. The maximum Gasteiger partial charge on any atom is 0.101 e. The van der Waals surface area contributed by atoms with E-state index in [1.54, 1.807) is 12.1 Å². The summed E-state index contributed by atoms with van der Waals surface area (Å²) in [5.74, 6) is 0. The van der Waals surface area contributed by atoms with Gasteiger partial charge in [-0.25, -0.2) is 0 Å². The van der Waals surface area contributed by atoms with Gasteiger partial charge in [0, 0.05) is 11.2 Å². The second kappa shape index (κ2) is 5.17. The molecule has 4 nitrogen and oxygen atoms in total. The van der Waals surface area contributed by atoms with Crippen LogP contribution in [0.25, 0.3) is 0 Å². The number of hydrogen-bond acceptors (Lipinski definition) is 4. The van der Waals surface area contributed by atoms with Crippen molar-refractivity contribution in [3.05, 3.63) is 29.3 Å². The lowest BCUT2D eigenvalue weighted by atomic mass is 10.00. The minimum atomic E-state index is -0.192. The molecule has 0 amide bonds. The van der Waals surface area contributed by atoms with Crippen LogP contribution in [-0.2, 0) is 0 Å². The number of anilines is 1. The third-order valence-electron chi connectivity index (χ3n) is 2.39. The van der Waals surface area contributed by atoms with Gasteiger partial charge < -0.3 is 16.2 Å². The molecule has 0 heterocycles. The highest BCUT2D eigenvalue weighted by Crippen LogP contribution is 2.20. The summed E-state index contributed by atoms with van der Waals surface area (Å²) in [5.41, 5.74) is 7.33. The Balaban J connectivity index is 3.01. The van der Waals surface area contributed by atoms with Crippen LogP contribution >= 0.6 is 0 Å². The van der Waals surface area contributed by atoms with Crippen molar-refractivity contribution in [2.24, 2.45) is 0 Å². The van der Waals surface area contributed by atoms with E-state index in [1.165, 1.54) is 0 Å². The zero-order valence-electron chi connectivity index (χ0n) is 10.5. The zero-order chi connectivity index (χ0) is 13.1. The molecule has 0 aliphatic rings. The molecular weight excluding hydrogens is 214 g/mol. The molecular formula is C13H19N3O. The molecule has 1 rings (SSSR count). The van der Waals surface area contributed by atoms with Gasteiger partial charge in [-0.05, 0) is 38.5 Å². The smallest absolute Gasteiger partial charge is 0.101 e. The summed E-state index contributed by atoms with van der Waals surface area (Å²) < 4.78 is 0. The lowest BCUT2D eigenvalue weighted by Gasteiger charge is -2.27. The first-order valence-electron chi connectivity index (χ1n) is 5.55. The lowest BCUT2D eigenvalue weighted by molar-refractivity contribution is 0.217. The fourth-order valence-electron chi connectivity index (χ4n) is 1.64. The second-order valence-electron chi connectivity index (χ2n) is 5.09. The Morgan fingerprint density at radius 2 is 2.12 bits per heavy atom. The number of nitrogens with zero attached hydrogens (tertiary/aromatic N) is 1. The zero-order valence-corrected chi connectivity index (χ0v) is 10.5. The van der Waals surface area contributed by atoms with Gasteiger partial charge in [0.05, 0.1) is 18.2 Å². The van der Waals surface area contributed by atoms with E-state index in [1.807, 2.05) is 32.9 Å². The Labute approximate surface area is 102 Å². The van der Waals surface area contributed by atoms with E-state index in [0.717, 1.165) is 5.56 Å². The fourth-order valence-corrected chi connectivity index (χ4v) is 1.64. The number of benzene rings is 1. The topological polar surface area (TPSA) is 82.1 Å². The Kier molecular flexibility index (Phi) is 4.11. The van der Waals surface area contributed by atoms with Crippen LogP contribution in [0.2, 0.25) is 0 Å². The molecule has 4 heteroatoms. The number of nitriles is 1. The van der Waals surface area contributed by atoms with Gasteiger partial charge in [-0.3, -0.25) is 0 Å². The predicted molar refractivity (Wildman–Crippen MR) is 68.3 cm³/mol. The van der Waals surface area contributed by atoms with E-state index < -0.39 is 0 Å². The summed E-state index contributed by atoms with van der Waals surface area (Å²) in [5, 5.41) is 21.6. The van der Waals surface area contributed by atoms with Crippen LogP contribution in [0.5, 0.6) is 0 Å². The summed E-state index contributed by atoms with van der Waals surface area (Å²) in [6.45, 7) is 6.06. The summed E-state index contributed by atoms with van der Waals surface area (Å²) in [6.07, 6.45) is 0. The largest absolute Gasteiger partial charge is 0.398 e. The highest BCUT2D eigenvalue weighted by molar-refractivity contribution is 5.55. The highest BCUT2D eigenvalue weighted by atomic mass is 16.3. The Bertz CT molecular complexity index is 429. The van der Waals surface area contributed by atoms with E-state index in [4.69, 9.17) is 11.0 Å².